The summed E-state index contributed by atoms with van der Waals surface area (Å²) in [5.41, 5.74) is 2.77. The zero-order chi connectivity index (χ0) is 23.7. The molecule has 0 unspecified atom stereocenters. The molecule has 2 heterocycles. The first-order valence-corrected chi connectivity index (χ1v) is 16.2. The van der Waals surface area contributed by atoms with Gasteiger partial charge in [-0.2, -0.15) is 0 Å². The maximum absolute atomic E-state index is 7.50. The topological polar surface area (TPSA) is 117 Å². The van der Waals surface area contributed by atoms with E-state index in [0.29, 0.717) is 0 Å². The third-order valence-electron chi connectivity index (χ3n) is 3.44. The molecule has 0 amide bonds. The Morgan fingerprint density at radius 2 is 1.17 bits per heavy atom. The zero-order valence-corrected chi connectivity index (χ0v) is 23.4. The Bertz CT molecular complexity index is 649. The van der Waals surface area contributed by atoms with Crippen molar-refractivity contribution in [3.05, 3.63) is 57.3 Å². The molecule has 1 aromatic heterocycles. The van der Waals surface area contributed by atoms with Crippen LogP contribution in [0.15, 0.2) is 23.1 Å². The molecule has 0 N–H and O–H groups in total. The van der Waals surface area contributed by atoms with Gasteiger partial charge >= 0.3 is 56.5 Å². The van der Waals surface area contributed by atoms with E-state index in [9.17, 15) is 0 Å². The predicted octanol–water partition coefficient (Wildman–Crippen LogP) is 4.12. The van der Waals surface area contributed by atoms with Crippen LogP contribution in [0.2, 0.25) is 39.3 Å². The minimum Gasteiger partial charge on any atom is 0 e. The van der Waals surface area contributed by atoms with Crippen LogP contribution in [0.25, 0.3) is 0 Å². The van der Waals surface area contributed by atoms with Crippen molar-refractivity contribution in [1.29, 1.82) is 0 Å². The van der Waals surface area contributed by atoms with Crippen LogP contribution in [0.4, 0.5) is 0 Å². The van der Waals surface area contributed by atoms with Crippen LogP contribution in [0.3, 0.4) is 0 Å². The number of nitrogens with zero attached hydrogens (tertiary/aromatic N) is 2. The Kier molecular flexibility index (Phi) is 27.4. The van der Waals surface area contributed by atoms with Gasteiger partial charge < -0.3 is 4.57 Å². The fourth-order valence-corrected chi connectivity index (χ4v) is 21.7. The van der Waals surface area contributed by atoms with E-state index in [1.54, 1.807) is 0 Å². The van der Waals surface area contributed by atoms with Gasteiger partial charge in [0.2, 0.25) is 0 Å². The van der Waals surface area contributed by atoms with Crippen molar-refractivity contribution in [3.8, 4) is 0 Å². The molecule has 0 radical (unpaired) electrons. The summed E-state index contributed by atoms with van der Waals surface area (Å²) in [5, 5.41) is 0. The molecule has 11 heteroatoms. The largest absolute Gasteiger partial charge is 0 e. The molecular weight excluding hydrogens is 595 g/mol. The third-order valence-corrected chi connectivity index (χ3v) is 19.5. The van der Waals surface area contributed by atoms with Crippen molar-refractivity contribution in [3.63, 3.8) is 0 Å². The fraction of sp³-hybridized carbons (Fsp3) is 0.444. The molecule has 0 saturated carbocycles. The molecule has 1 aliphatic rings. The summed E-state index contributed by atoms with van der Waals surface area (Å²) in [7, 11) is -0.304. The fourth-order valence-electron chi connectivity index (χ4n) is 3.15. The van der Waals surface area contributed by atoms with E-state index < -0.39 is 16.1 Å². The summed E-state index contributed by atoms with van der Waals surface area (Å²) in [5.74, 6) is 0. The smallest absolute Gasteiger partial charge is 0 e. The van der Waals surface area contributed by atoms with E-state index >= 15 is 0 Å². The molecule has 0 bridgehead atoms. The van der Waals surface area contributed by atoms with Crippen molar-refractivity contribution < 1.29 is 44.3 Å². The van der Waals surface area contributed by atoms with E-state index in [0.717, 1.165) is 4.91 Å². The Morgan fingerprint density at radius 3 is 1.41 bits per heavy atom. The molecule has 0 aliphatic carbocycles. The average Bonchev–Trinajstić information content (AvgIpc) is 3.30. The van der Waals surface area contributed by atoms with E-state index in [2.05, 4.69) is 102 Å². The van der Waals surface area contributed by atoms with Crippen molar-refractivity contribution in [2.24, 2.45) is 11.8 Å². The van der Waals surface area contributed by atoms with Crippen molar-refractivity contribution >= 4 is 29.7 Å². The van der Waals surface area contributed by atoms with E-state index in [4.69, 9.17) is 28.0 Å². The van der Waals surface area contributed by atoms with Gasteiger partial charge in [0.25, 0.3) is 0 Å². The molecule has 0 spiro atoms. The third kappa shape index (κ3) is 13.9. The van der Waals surface area contributed by atoms with Crippen LogP contribution in [0, 0.1) is 33.3 Å². The Labute approximate surface area is 191 Å². The Morgan fingerprint density at radius 1 is 0.828 bits per heavy atom. The number of aryl methyl sites for hydroxylation is 1. The molecule has 1 atom stereocenters. The number of hydrogen-bond acceptors (Lipinski definition) is 1. The molecule has 29 heavy (non-hydrogen) atoms. The quantitative estimate of drug-likeness (QED) is 0.209. The van der Waals surface area contributed by atoms with Crippen molar-refractivity contribution in [1.82, 2.24) is 4.57 Å². The van der Waals surface area contributed by atoms with Gasteiger partial charge in [-0.15, -0.1) is 0 Å². The van der Waals surface area contributed by atoms with Crippen molar-refractivity contribution in [2.45, 2.75) is 44.2 Å². The van der Waals surface area contributed by atoms with Crippen LogP contribution >= 0.6 is 8.07 Å². The molecule has 2 rings (SSSR count). The molecule has 0 aromatic carbocycles. The maximum Gasteiger partial charge on any atom is 0 e. The maximum atomic E-state index is 7.50. The van der Waals surface area contributed by atoms with Gasteiger partial charge in [-0.05, 0) is 17.0 Å². The van der Waals surface area contributed by atoms with Gasteiger partial charge in [0.1, 0.15) is 5.45 Å². The minimum atomic E-state index is -1.13. The van der Waals surface area contributed by atoms with Gasteiger partial charge in [-0.25, -0.2) is 0 Å². The Balaban J connectivity index is -0.000000153. The van der Waals surface area contributed by atoms with E-state index in [1.165, 1.54) is 11.1 Å². The summed E-state index contributed by atoms with van der Waals surface area (Å²) in [4.78, 5) is 0.921. The molecule has 1 aromatic rings. The summed E-state index contributed by atoms with van der Waals surface area (Å²) in [6.45, 7) is 37.6. The number of hydrogen-bond donors (Lipinski definition) is 0. The van der Waals surface area contributed by atoms with Crippen LogP contribution in [-0.2, 0) is 51.4 Å². The summed E-state index contributed by atoms with van der Waals surface area (Å²) >= 11 is 0. The van der Waals surface area contributed by atoms with Gasteiger partial charge in [0.15, 0.2) is 0 Å². The van der Waals surface area contributed by atoms with Gasteiger partial charge in [-0.1, -0.05) is 39.3 Å². The van der Waals surface area contributed by atoms with E-state index in [1.807, 2.05) is 0 Å². The number of aromatic nitrogens is 1. The van der Waals surface area contributed by atoms with Gasteiger partial charge in [-0.3, -0.25) is 4.76 Å². The monoisotopic (exact) mass is 620 g/mol. The van der Waals surface area contributed by atoms with Crippen LogP contribution in [0.5, 0.6) is 0 Å². The second kappa shape index (κ2) is 20.5. The minimum absolute atomic E-state index is 0. The molecule has 1 aliphatic heterocycles. The summed E-state index contributed by atoms with van der Waals surface area (Å²) in [6, 6.07) is 4.34. The van der Waals surface area contributed by atoms with Gasteiger partial charge in [0, 0.05) is 34.3 Å². The zero-order valence-electron chi connectivity index (χ0n) is 17.6. The standard InChI is InChI=1S/C13H25N2PSi2.5CO.W/c1-15-10-8-9-11(15)12-14-16(12)13(17(2,3)4)18(5,6)7;5*1-2;/h8-10,13H,1-7H3;;;;;;/t16-;;;;;;/m0....../s1. The predicted molar refractivity (Wildman–Crippen MR) is 109 cm³/mol. The van der Waals surface area contributed by atoms with E-state index in [-0.39, 0.29) is 29.1 Å². The van der Waals surface area contributed by atoms with Gasteiger partial charge in [0.05, 0.1) is 29.9 Å². The van der Waals surface area contributed by atoms with Crippen LogP contribution in [-0.4, -0.2) is 31.1 Å². The average molecular weight is 620 g/mol. The normalized spacial score (nSPS) is 12.9. The van der Waals surface area contributed by atoms with Crippen LogP contribution < -0.4 is 0 Å². The SMILES string of the molecule is Cn1cccc1C1=N[P@]1C([Si](C)(C)C)[Si](C)(C)C.[C-]#[O+].[C-]#[O+].[C-]#[O+].[C-]#[O+].[C-]#[O+].[W]. The molecule has 156 valence electrons. The number of rotatable bonds is 4. The first kappa shape index (κ1) is 38.8. The second-order valence-electron chi connectivity index (χ2n) is 7.41. The summed E-state index contributed by atoms with van der Waals surface area (Å²) < 4.78 is 44.6. The Hall–Kier alpha value is -0.798. The first-order chi connectivity index (χ1) is 13.1. The van der Waals surface area contributed by atoms with Crippen LogP contribution in [0.1, 0.15) is 5.69 Å². The second-order valence-corrected chi connectivity index (χ2v) is 21.4. The summed E-state index contributed by atoms with van der Waals surface area (Å²) in [6.07, 6.45) is 2.13. The molecule has 0 saturated heterocycles. The molecular formula is C18H25N2O5PSi2W. The molecule has 0 fully saturated rings. The molecule has 7 nitrogen and oxygen atoms in total. The van der Waals surface area contributed by atoms with Crippen molar-refractivity contribution in [2.75, 3.05) is 0 Å². The first-order valence-electron chi connectivity index (χ1n) is 7.64.